The average Bonchev–Trinajstić information content (AvgIpc) is 2.64. The highest BCUT2D eigenvalue weighted by Crippen LogP contribution is 2.31. The van der Waals surface area contributed by atoms with E-state index < -0.39 is 5.82 Å². The number of anilines is 2. The van der Waals surface area contributed by atoms with Crippen molar-refractivity contribution in [3.8, 4) is 11.3 Å². The first-order valence-electron chi connectivity index (χ1n) is 7.45. The number of pyridine rings is 2. The number of aromatic nitrogens is 4. The van der Waals surface area contributed by atoms with Crippen LogP contribution in [0.15, 0.2) is 61.1 Å². The van der Waals surface area contributed by atoms with Crippen LogP contribution < -0.4 is 5.32 Å². The highest BCUT2D eigenvalue weighted by molar-refractivity contribution is 6.30. The molecule has 0 radical (unpaired) electrons. The lowest BCUT2D eigenvalue weighted by Gasteiger charge is -2.12. The Kier molecular flexibility index (Phi) is 3.95. The SMILES string of the molecule is Fc1ccc(Cl)cc1-c1cc(Nc2ccnnc2)c2cccnc2n1. The van der Waals surface area contributed by atoms with E-state index in [0.717, 1.165) is 16.8 Å². The van der Waals surface area contributed by atoms with E-state index in [4.69, 9.17) is 11.6 Å². The lowest BCUT2D eigenvalue weighted by molar-refractivity contribution is 0.631. The van der Waals surface area contributed by atoms with Gasteiger partial charge in [-0.25, -0.2) is 14.4 Å². The van der Waals surface area contributed by atoms with Crippen molar-refractivity contribution in [3.05, 3.63) is 71.9 Å². The molecule has 0 bridgehead atoms. The van der Waals surface area contributed by atoms with Gasteiger partial charge in [-0.05, 0) is 42.5 Å². The van der Waals surface area contributed by atoms with Crippen molar-refractivity contribution >= 4 is 34.0 Å². The first-order valence-corrected chi connectivity index (χ1v) is 7.83. The lowest BCUT2D eigenvalue weighted by atomic mass is 10.1. The van der Waals surface area contributed by atoms with Crippen molar-refractivity contribution in [1.29, 1.82) is 0 Å². The fourth-order valence-electron chi connectivity index (χ4n) is 2.51. The van der Waals surface area contributed by atoms with E-state index >= 15 is 0 Å². The van der Waals surface area contributed by atoms with Crippen molar-refractivity contribution in [2.75, 3.05) is 5.32 Å². The van der Waals surface area contributed by atoms with Gasteiger partial charge >= 0.3 is 0 Å². The molecule has 0 aliphatic heterocycles. The summed E-state index contributed by atoms with van der Waals surface area (Å²) in [5, 5.41) is 12.1. The van der Waals surface area contributed by atoms with Gasteiger partial charge in [0.25, 0.3) is 0 Å². The molecule has 1 N–H and O–H groups in total. The molecule has 0 saturated carbocycles. The van der Waals surface area contributed by atoms with Crippen LogP contribution in [0, 0.1) is 5.82 Å². The molecule has 122 valence electrons. The quantitative estimate of drug-likeness (QED) is 0.583. The first kappa shape index (κ1) is 15.4. The third-order valence-corrected chi connectivity index (χ3v) is 3.89. The maximum Gasteiger partial charge on any atom is 0.161 e. The van der Waals surface area contributed by atoms with Crippen LogP contribution in [0.4, 0.5) is 15.8 Å². The molecule has 0 amide bonds. The van der Waals surface area contributed by atoms with Crippen LogP contribution in [0.3, 0.4) is 0 Å². The molecule has 7 heteroatoms. The monoisotopic (exact) mass is 351 g/mol. The first-order chi connectivity index (χ1) is 12.2. The standard InChI is InChI=1S/C18H11ClFN5/c19-11-3-4-15(20)14(8-11)17-9-16(24-12-5-7-22-23-10-12)13-2-1-6-21-18(13)25-17/h1-10H,(H,21,22,24,25). The molecule has 0 fully saturated rings. The third kappa shape index (κ3) is 3.12. The summed E-state index contributed by atoms with van der Waals surface area (Å²) < 4.78 is 14.3. The van der Waals surface area contributed by atoms with Crippen molar-refractivity contribution < 1.29 is 4.39 Å². The summed E-state index contributed by atoms with van der Waals surface area (Å²) in [5.41, 5.74) is 2.75. The Hall–Kier alpha value is -3.12. The van der Waals surface area contributed by atoms with Gasteiger partial charge in [-0.3, -0.25) is 0 Å². The van der Waals surface area contributed by atoms with Crippen molar-refractivity contribution in [3.63, 3.8) is 0 Å². The zero-order valence-electron chi connectivity index (χ0n) is 12.8. The van der Waals surface area contributed by atoms with Crippen LogP contribution >= 0.6 is 11.6 Å². The van der Waals surface area contributed by atoms with Gasteiger partial charge in [-0.1, -0.05) is 11.6 Å². The minimum absolute atomic E-state index is 0.316. The van der Waals surface area contributed by atoms with E-state index in [1.54, 1.807) is 36.8 Å². The number of nitrogens with zero attached hydrogens (tertiary/aromatic N) is 4. The van der Waals surface area contributed by atoms with E-state index in [0.29, 0.717) is 21.9 Å². The minimum Gasteiger partial charge on any atom is -0.354 e. The molecule has 0 aliphatic rings. The van der Waals surface area contributed by atoms with Crippen LogP contribution in [0.5, 0.6) is 0 Å². The molecule has 1 aromatic carbocycles. The fraction of sp³-hybridized carbons (Fsp3) is 0. The molecular weight excluding hydrogens is 341 g/mol. The topological polar surface area (TPSA) is 63.6 Å². The number of halogens is 2. The number of nitrogens with one attached hydrogen (secondary N) is 1. The van der Waals surface area contributed by atoms with Crippen LogP contribution in [0.1, 0.15) is 0 Å². The van der Waals surface area contributed by atoms with Crippen LogP contribution in [-0.4, -0.2) is 20.2 Å². The summed E-state index contributed by atoms with van der Waals surface area (Å²) >= 11 is 6.01. The third-order valence-electron chi connectivity index (χ3n) is 3.65. The predicted molar refractivity (Wildman–Crippen MR) is 95.3 cm³/mol. The summed E-state index contributed by atoms with van der Waals surface area (Å²) in [6, 6.07) is 11.6. The molecule has 0 spiro atoms. The van der Waals surface area contributed by atoms with Gasteiger partial charge in [0, 0.05) is 22.2 Å². The Morgan fingerprint density at radius 2 is 1.92 bits per heavy atom. The Morgan fingerprint density at radius 3 is 2.76 bits per heavy atom. The van der Waals surface area contributed by atoms with Gasteiger partial charge in [0.2, 0.25) is 0 Å². The summed E-state index contributed by atoms with van der Waals surface area (Å²) in [4.78, 5) is 8.76. The Bertz CT molecular complexity index is 1060. The number of hydrogen-bond donors (Lipinski definition) is 1. The van der Waals surface area contributed by atoms with Gasteiger partial charge in [0.05, 0.1) is 29.5 Å². The summed E-state index contributed by atoms with van der Waals surface area (Å²) in [5.74, 6) is -0.399. The van der Waals surface area contributed by atoms with Gasteiger partial charge < -0.3 is 5.32 Å². The molecule has 5 nitrogen and oxygen atoms in total. The summed E-state index contributed by atoms with van der Waals surface area (Å²) in [7, 11) is 0. The second-order valence-electron chi connectivity index (χ2n) is 5.31. The van der Waals surface area contributed by atoms with Crippen molar-refractivity contribution in [1.82, 2.24) is 20.2 Å². The molecule has 0 unspecified atom stereocenters. The minimum atomic E-state index is -0.399. The second kappa shape index (κ2) is 6.41. The van der Waals surface area contributed by atoms with Gasteiger partial charge in [0.15, 0.2) is 5.65 Å². The van der Waals surface area contributed by atoms with Crippen LogP contribution in [0.25, 0.3) is 22.3 Å². The smallest absolute Gasteiger partial charge is 0.161 e. The molecule has 3 heterocycles. The second-order valence-corrected chi connectivity index (χ2v) is 5.75. The van der Waals surface area contributed by atoms with Gasteiger partial charge in [-0.15, -0.1) is 0 Å². The maximum atomic E-state index is 14.3. The summed E-state index contributed by atoms with van der Waals surface area (Å²) in [6.45, 7) is 0. The molecule has 0 saturated heterocycles. The maximum absolute atomic E-state index is 14.3. The number of fused-ring (bicyclic) bond motifs is 1. The molecule has 0 atom stereocenters. The molecular formula is C18H11ClFN5. The number of benzene rings is 1. The van der Waals surface area contributed by atoms with E-state index in [2.05, 4.69) is 25.5 Å². The van der Waals surface area contributed by atoms with Crippen LogP contribution in [-0.2, 0) is 0 Å². The van der Waals surface area contributed by atoms with E-state index in [-0.39, 0.29) is 0 Å². The molecule has 4 rings (SSSR count). The molecule has 0 aliphatic carbocycles. The Balaban J connectivity index is 1.91. The zero-order valence-corrected chi connectivity index (χ0v) is 13.6. The van der Waals surface area contributed by atoms with Gasteiger partial charge in [-0.2, -0.15) is 10.2 Å². The van der Waals surface area contributed by atoms with Gasteiger partial charge in [0.1, 0.15) is 5.82 Å². The van der Waals surface area contributed by atoms with E-state index in [9.17, 15) is 4.39 Å². The highest BCUT2D eigenvalue weighted by Gasteiger charge is 2.12. The molecule has 25 heavy (non-hydrogen) atoms. The fourth-order valence-corrected chi connectivity index (χ4v) is 2.68. The molecule has 3 aromatic heterocycles. The van der Waals surface area contributed by atoms with E-state index in [1.807, 2.05) is 12.1 Å². The Labute approximate surface area is 147 Å². The number of rotatable bonds is 3. The summed E-state index contributed by atoms with van der Waals surface area (Å²) in [6.07, 6.45) is 4.83. The largest absolute Gasteiger partial charge is 0.354 e. The van der Waals surface area contributed by atoms with Crippen LogP contribution in [0.2, 0.25) is 5.02 Å². The highest BCUT2D eigenvalue weighted by atomic mass is 35.5. The van der Waals surface area contributed by atoms with E-state index in [1.165, 1.54) is 12.1 Å². The lowest BCUT2D eigenvalue weighted by Crippen LogP contribution is -1.97. The Morgan fingerprint density at radius 1 is 1.00 bits per heavy atom. The number of hydrogen-bond acceptors (Lipinski definition) is 5. The molecule has 4 aromatic rings. The predicted octanol–water partition coefficient (Wildman–Crippen LogP) is 4.62. The average molecular weight is 352 g/mol. The normalized spacial score (nSPS) is 10.8. The van der Waals surface area contributed by atoms with Crippen molar-refractivity contribution in [2.24, 2.45) is 0 Å². The van der Waals surface area contributed by atoms with Crippen molar-refractivity contribution in [2.45, 2.75) is 0 Å². The zero-order chi connectivity index (χ0) is 17.2.